The molecular weight excluding hydrogens is 246 g/mol. The first-order valence-corrected chi connectivity index (χ1v) is 8.97. The number of ether oxygens (including phenoxy) is 1. The molecule has 0 aromatic heterocycles. The van der Waals surface area contributed by atoms with E-state index in [0.29, 0.717) is 17.1 Å². The lowest BCUT2D eigenvalue weighted by Gasteiger charge is -2.59. The van der Waals surface area contributed by atoms with Crippen LogP contribution < -0.4 is 5.32 Å². The lowest BCUT2D eigenvalue weighted by molar-refractivity contribution is -0.136. The van der Waals surface area contributed by atoms with E-state index in [1.165, 1.54) is 51.4 Å². The average molecular weight is 277 g/mol. The molecule has 4 saturated carbocycles. The number of nitrogens with one attached hydrogen (secondary N) is 1. The van der Waals surface area contributed by atoms with Gasteiger partial charge in [0.25, 0.3) is 0 Å². The Hall–Kier alpha value is -0.0800. The molecule has 5 rings (SSSR count). The highest BCUT2D eigenvalue weighted by molar-refractivity contribution is 5.06. The molecule has 20 heavy (non-hydrogen) atoms. The molecule has 4 bridgehead atoms. The number of hydrogen-bond acceptors (Lipinski definition) is 2. The predicted molar refractivity (Wildman–Crippen MR) is 81.7 cm³/mol. The fourth-order valence-corrected chi connectivity index (χ4v) is 6.18. The zero-order chi connectivity index (χ0) is 13.8. The fraction of sp³-hybridized carbons (Fsp3) is 1.00. The van der Waals surface area contributed by atoms with Crippen molar-refractivity contribution in [1.82, 2.24) is 5.32 Å². The Morgan fingerprint density at radius 3 is 2.20 bits per heavy atom. The zero-order valence-corrected chi connectivity index (χ0v) is 13.3. The van der Waals surface area contributed by atoms with E-state index in [-0.39, 0.29) is 0 Å². The molecule has 0 aromatic rings. The van der Waals surface area contributed by atoms with Crippen LogP contribution in [0.5, 0.6) is 0 Å². The van der Waals surface area contributed by atoms with Crippen molar-refractivity contribution in [2.45, 2.75) is 76.9 Å². The lowest BCUT2D eigenvalue weighted by atomic mass is 9.48. The van der Waals surface area contributed by atoms with Crippen molar-refractivity contribution in [1.29, 1.82) is 0 Å². The summed E-state index contributed by atoms with van der Waals surface area (Å²) in [6, 6.07) is 0. The highest BCUT2D eigenvalue weighted by atomic mass is 16.5. The molecule has 0 aromatic carbocycles. The molecule has 2 unspecified atom stereocenters. The average Bonchev–Trinajstić information content (AvgIpc) is 2.60. The number of rotatable bonds is 2. The first kappa shape index (κ1) is 13.6. The lowest BCUT2D eigenvalue weighted by Crippen LogP contribution is -2.55. The molecule has 5 fully saturated rings. The van der Waals surface area contributed by atoms with Gasteiger partial charge >= 0.3 is 0 Å². The van der Waals surface area contributed by atoms with E-state index in [4.69, 9.17) is 4.74 Å². The molecule has 0 radical (unpaired) electrons. The maximum atomic E-state index is 6.42. The highest BCUT2D eigenvalue weighted by Gasteiger charge is 2.55. The van der Waals surface area contributed by atoms with Crippen LogP contribution in [0.4, 0.5) is 0 Å². The first-order valence-electron chi connectivity index (χ1n) is 8.97. The molecular formula is C18H31NO. The van der Waals surface area contributed by atoms with Gasteiger partial charge in [-0.2, -0.15) is 0 Å². The smallest absolute Gasteiger partial charge is 0.0755 e. The van der Waals surface area contributed by atoms with Crippen molar-refractivity contribution in [3.63, 3.8) is 0 Å². The van der Waals surface area contributed by atoms with Crippen molar-refractivity contribution in [2.24, 2.45) is 23.2 Å². The number of hydrogen-bond donors (Lipinski definition) is 1. The van der Waals surface area contributed by atoms with Gasteiger partial charge in [-0.3, -0.25) is 0 Å². The van der Waals surface area contributed by atoms with Gasteiger partial charge in [-0.1, -0.05) is 6.92 Å². The highest BCUT2D eigenvalue weighted by Crippen LogP contribution is 2.61. The van der Waals surface area contributed by atoms with Crippen LogP contribution in [-0.2, 0) is 4.74 Å². The minimum absolute atomic E-state index is 0.303. The van der Waals surface area contributed by atoms with E-state index in [9.17, 15) is 0 Å². The standard InChI is InChI=1S/C18H31NO/c1-3-17(2)4-5-20-16(12-19-17)18-9-13-6-14(10-18)8-15(7-13)11-18/h13-16,19H,3-12H2,1-2H3. The summed E-state index contributed by atoms with van der Waals surface area (Å²) >= 11 is 0. The van der Waals surface area contributed by atoms with Crippen LogP contribution in [0.25, 0.3) is 0 Å². The topological polar surface area (TPSA) is 21.3 Å². The van der Waals surface area contributed by atoms with Crippen LogP contribution in [0.3, 0.4) is 0 Å². The molecule has 5 aliphatic rings. The fourth-order valence-electron chi connectivity index (χ4n) is 6.18. The molecule has 0 spiro atoms. The summed E-state index contributed by atoms with van der Waals surface area (Å²) in [7, 11) is 0. The molecule has 1 heterocycles. The minimum Gasteiger partial charge on any atom is -0.376 e. The van der Waals surface area contributed by atoms with E-state index in [2.05, 4.69) is 19.2 Å². The molecule has 4 aliphatic carbocycles. The van der Waals surface area contributed by atoms with Crippen LogP contribution in [-0.4, -0.2) is 24.8 Å². The Morgan fingerprint density at radius 1 is 1.05 bits per heavy atom. The summed E-state index contributed by atoms with van der Waals surface area (Å²) in [6.07, 6.45) is 11.9. The summed E-state index contributed by atoms with van der Waals surface area (Å²) in [6.45, 7) is 6.73. The van der Waals surface area contributed by atoms with E-state index in [1.54, 1.807) is 0 Å². The van der Waals surface area contributed by atoms with Gasteiger partial charge in [-0.15, -0.1) is 0 Å². The predicted octanol–water partition coefficient (Wildman–Crippen LogP) is 3.75. The van der Waals surface area contributed by atoms with E-state index < -0.39 is 0 Å². The second-order valence-electron chi connectivity index (χ2n) is 8.68. The normalized spacial score (nSPS) is 54.9. The van der Waals surface area contributed by atoms with Crippen LogP contribution in [0.2, 0.25) is 0 Å². The Bertz CT molecular complexity index is 344. The molecule has 2 nitrogen and oxygen atoms in total. The molecule has 0 amide bonds. The van der Waals surface area contributed by atoms with Gasteiger partial charge in [0.2, 0.25) is 0 Å². The van der Waals surface area contributed by atoms with Crippen LogP contribution >= 0.6 is 0 Å². The van der Waals surface area contributed by atoms with Gasteiger partial charge in [0.05, 0.1) is 6.10 Å². The molecule has 2 heteroatoms. The Balaban J connectivity index is 1.52. The van der Waals surface area contributed by atoms with Crippen LogP contribution in [0, 0.1) is 23.2 Å². The second kappa shape index (κ2) is 4.71. The van der Waals surface area contributed by atoms with Crippen molar-refractivity contribution in [2.75, 3.05) is 13.2 Å². The largest absolute Gasteiger partial charge is 0.376 e. The summed E-state index contributed by atoms with van der Waals surface area (Å²) in [4.78, 5) is 0. The van der Waals surface area contributed by atoms with Crippen LogP contribution in [0.1, 0.15) is 65.2 Å². The third-order valence-corrected chi connectivity index (χ3v) is 7.24. The molecule has 1 aliphatic heterocycles. The first-order chi connectivity index (χ1) is 9.61. The van der Waals surface area contributed by atoms with Gasteiger partial charge in [-0.05, 0) is 81.5 Å². The second-order valence-corrected chi connectivity index (χ2v) is 8.68. The molecule has 2 atom stereocenters. The summed E-state index contributed by atoms with van der Waals surface area (Å²) in [5.74, 6) is 3.10. The van der Waals surface area contributed by atoms with E-state index in [1.807, 2.05) is 0 Å². The van der Waals surface area contributed by atoms with E-state index >= 15 is 0 Å². The Labute approximate surface area is 124 Å². The molecule has 1 saturated heterocycles. The SMILES string of the molecule is CCC1(C)CCOC(C23CC4CC(CC(C4)C2)C3)CN1. The molecule has 1 N–H and O–H groups in total. The zero-order valence-electron chi connectivity index (χ0n) is 13.3. The van der Waals surface area contributed by atoms with Crippen molar-refractivity contribution >= 4 is 0 Å². The minimum atomic E-state index is 0.303. The quantitative estimate of drug-likeness (QED) is 0.830. The van der Waals surface area contributed by atoms with E-state index in [0.717, 1.165) is 30.9 Å². The maximum Gasteiger partial charge on any atom is 0.0755 e. The van der Waals surface area contributed by atoms with Gasteiger partial charge in [-0.25, -0.2) is 0 Å². The van der Waals surface area contributed by atoms with Crippen molar-refractivity contribution in [3.05, 3.63) is 0 Å². The van der Waals surface area contributed by atoms with Crippen LogP contribution in [0.15, 0.2) is 0 Å². The maximum absolute atomic E-state index is 6.42. The summed E-state index contributed by atoms with van der Waals surface area (Å²) in [5.41, 5.74) is 0.845. The summed E-state index contributed by atoms with van der Waals surface area (Å²) < 4.78 is 6.42. The third kappa shape index (κ3) is 2.14. The Morgan fingerprint density at radius 2 is 1.65 bits per heavy atom. The van der Waals surface area contributed by atoms with Gasteiger partial charge in [0, 0.05) is 18.7 Å². The van der Waals surface area contributed by atoms with Gasteiger partial charge in [0.1, 0.15) is 0 Å². The van der Waals surface area contributed by atoms with Gasteiger partial charge in [0.15, 0.2) is 0 Å². The third-order valence-electron chi connectivity index (χ3n) is 7.24. The molecule has 114 valence electrons. The summed E-state index contributed by atoms with van der Waals surface area (Å²) in [5, 5.41) is 3.86. The van der Waals surface area contributed by atoms with Crippen molar-refractivity contribution < 1.29 is 4.74 Å². The van der Waals surface area contributed by atoms with Crippen molar-refractivity contribution in [3.8, 4) is 0 Å². The Kier molecular flexibility index (Phi) is 3.20. The monoisotopic (exact) mass is 277 g/mol. The van der Waals surface area contributed by atoms with Gasteiger partial charge < -0.3 is 10.1 Å².